The quantitative estimate of drug-likeness (QED) is 0.834. The molecule has 2 aliphatic heterocycles. The van der Waals surface area contributed by atoms with Gasteiger partial charge in [0.05, 0.1) is 17.2 Å². The van der Waals surface area contributed by atoms with Gasteiger partial charge in [-0.2, -0.15) is 5.10 Å². The molecule has 1 aromatic rings. The Bertz CT molecular complexity index is 581. The van der Waals surface area contributed by atoms with Crippen LogP contribution in [-0.4, -0.2) is 49.3 Å². The first kappa shape index (κ1) is 13.9. The van der Waals surface area contributed by atoms with Gasteiger partial charge < -0.3 is 10.6 Å². The number of rotatable bonds is 4. The van der Waals surface area contributed by atoms with E-state index in [0.717, 1.165) is 44.1 Å². The van der Waals surface area contributed by atoms with Gasteiger partial charge in [-0.25, -0.2) is 13.1 Å². The smallest absolute Gasteiger partial charge is 0.150 e. The molecule has 0 saturated carbocycles. The molecule has 0 aromatic carbocycles. The van der Waals surface area contributed by atoms with E-state index >= 15 is 0 Å². The summed E-state index contributed by atoms with van der Waals surface area (Å²) in [5.74, 6) is 2.60. The minimum absolute atomic E-state index is 0.291. The first-order chi connectivity index (χ1) is 9.52. The Labute approximate surface area is 119 Å². The fourth-order valence-corrected chi connectivity index (χ4v) is 4.91. The molecule has 1 aromatic heterocycles. The van der Waals surface area contributed by atoms with E-state index in [-0.39, 0.29) is 0 Å². The second-order valence-electron chi connectivity index (χ2n) is 6.03. The van der Waals surface area contributed by atoms with E-state index < -0.39 is 9.84 Å². The van der Waals surface area contributed by atoms with Crippen molar-refractivity contribution in [2.24, 2.45) is 11.8 Å². The normalized spacial score (nSPS) is 28.1. The van der Waals surface area contributed by atoms with Crippen molar-refractivity contribution < 1.29 is 8.42 Å². The molecule has 112 valence electrons. The highest BCUT2D eigenvalue weighted by Crippen LogP contribution is 2.19. The van der Waals surface area contributed by atoms with Crippen LogP contribution in [0.25, 0.3) is 0 Å². The highest BCUT2D eigenvalue weighted by Gasteiger charge is 2.27. The van der Waals surface area contributed by atoms with Crippen molar-refractivity contribution in [1.82, 2.24) is 15.1 Å². The fourth-order valence-electron chi connectivity index (χ4n) is 3.05. The summed E-state index contributed by atoms with van der Waals surface area (Å²) in [6, 6.07) is 2.06. The van der Waals surface area contributed by atoms with Gasteiger partial charge in [-0.15, -0.1) is 0 Å². The summed E-state index contributed by atoms with van der Waals surface area (Å²) in [4.78, 5) is 0. The van der Waals surface area contributed by atoms with Crippen LogP contribution in [0.5, 0.6) is 0 Å². The van der Waals surface area contributed by atoms with Crippen molar-refractivity contribution >= 4 is 15.7 Å². The maximum atomic E-state index is 11.4. The summed E-state index contributed by atoms with van der Waals surface area (Å²) in [6.07, 6.45) is 0.806. The molecule has 2 aliphatic rings. The topological polar surface area (TPSA) is 76.0 Å². The van der Waals surface area contributed by atoms with Gasteiger partial charge in [-0.1, -0.05) is 0 Å². The van der Waals surface area contributed by atoms with Crippen LogP contribution in [0.3, 0.4) is 0 Å². The van der Waals surface area contributed by atoms with E-state index in [1.807, 2.05) is 11.6 Å². The van der Waals surface area contributed by atoms with Gasteiger partial charge in [-0.05, 0) is 25.8 Å². The first-order valence-corrected chi connectivity index (χ1v) is 9.03. The molecule has 20 heavy (non-hydrogen) atoms. The van der Waals surface area contributed by atoms with E-state index in [9.17, 15) is 8.42 Å². The average Bonchev–Trinajstić information content (AvgIpc) is 2.90. The van der Waals surface area contributed by atoms with Crippen LogP contribution >= 0.6 is 0 Å². The number of nitrogens with one attached hydrogen (secondary N) is 2. The number of sulfone groups is 1. The van der Waals surface area contributed by atoms with Gasteiger partial charge in [0.2, 0.25) is 0 Å². The molecule has 3 heterocycles. The van der Waals surface area contributed by atoms with Gasteiger partial charge in [0, 0.05) is 31.6 Å². The van der Waals surface area contributed by atoms with E-state index in [1.54, 1.807) is 0 Å². The summed E-state index contributed by atoms with van der Waals surface area (Å²) in [7, 11) is -2.75. The van der Waals surface area contributed by atoms with Crippen molar-refractivity contribution in [3.05, 3.63) is 11.8 Å². The molecule has 2 N–H and O–H groups in total. The molecule has 0 bridgehead atoms. The molecular formula is C13H22N4O2S. The predicted molar refractivity (Wildman–Crippen MR) is 78.6 cm³/mol. The zero-order chi connectivity index (χ0) is 14.2. The first-order valence-electron chi connectivity index (χ1n) is 7.21. The third kappa shape index (κ3) is 3.15. The van der Waals surface area contributed by atoms with Crippen molar-refractivity contribution in [2.75, 3.05) is 36.5 Å². The van der Waals surface area contributed by atoms with Crippen LogP contribution in [0.15, 0.2) is 6.07 Å². The largest absolute Gasteiger partial charge is 0.370 e. The zero-order valence-electron chi connectivity index (χ0n) is 11.8. The number of nitrogens with zero attached hydrogens (tertiary/aromatic N) is 2. The molecule has 0 unspecified atom stereocenters. The maximum Gasteiger partial charge on any atom is 0.150 e. The zero-order valence-corrected chi connectivity index (χ0v) is 12.6. The highest BCUT2D eigenvalue weighted by atomic mass is 32.2. The molecule has 0 spiro atoms. The summed E-state index contributed by atoms with van der Waals surface area (Å²) >= 11 is 0. The number of aryl methyl sites for hydroxylation is 1. The fraction of sp³-hybridized carbons (Fsp3) is 0.769. The second kappa shape index (κ2) is 5.37. The Morgan fingerprint density at radius 1 is 1.45 bits per heavy atom. The molecule has 1 saturated heterocycles. The molecule has 0 radical (unpaired) electrons. The average molecular weight is 298 g/mol. The Kier molecular flexibility index (Phi) is 3.72. The Hall–Kier alpha value is -1.08. The Morgan fingerprint density at radius 3 is 3.00 bits per heavy atom. The molecular weight excluding hydrogens is 276 g/mol. The van der Waals surface area contributed by atoms with Gasteiger partial charge in [0.25, 0.3) is 0 Å². The Morgan fingerprint density at radius 2 is 2.25 bits per heavy atom. The van der Waals surface area contributed by atoms with Crippen LogP contribution in [0.1, 0.15) is 12.1 Å². The molecule has 7 heteroatoms. The van der Waals surface area contributed by atoms with Gasteiger partial charge in [0.15, 0.2) is 9.84 Å². The lowest BCUT2D eigenvalue weighted by Gasteiger charge is -2.25. The van der Waals surface area contributed by atoms with Crippen molar-refractivity contribution in [3.8, 4) is 0 Å². The third-order valence-electron chi connectivity index (χ3n) is 4.10. The summed E-state index contributed by atoms with van der Waals surface area (Å²) in [5, 5.41) is 11.3. The molecule has 3 rings (SSSR count). The number of hydrogen-bond donors (Lipinski definition) is 2. The number of hydrogen-bond acceptors (Lipinski definition) is 5. The summed E-state index contributed by atoms with van der Waals surface area (Å²) in [5.41, 5.74) is 1.04. The SMILES string of the molecule is Cc1cc2n(n1)C[C@H](CNC[C@@H]1CCS(=O)(=O)C1)CN2. The molecule has 6 nitrogen and oxygen atoms in total. The second-order valence-corrected chi connectivity index (χ2v) is 8.26. The van der Waals surface area contributed by atoms with E-state index in [1.165, 1.54) is 0 Å². The number of fused-ring (bicyclic) bond motifs is 1. The third-order valence-corrected chi connectivity index (χ3v) is 5.93. The van der Waals surface area contributed by atoms with E-state index in [0.29, 0.717) is 23.3 Å². The van der Waals surface area contributed by atoms with Crippen LogP contribution in [-0.2, 0) is 16.4 Å². The Balaban J connectivity index is 1.44. The van der Waals surface area contributed by atoms with Crippen molar-refractivity contribution in [2.45, 2.75) is 19.9 Å². The van der Waals surface area contributed by atoms with Crippen LogP contribution in [0.4, 0.5) is 5.82 Å². The van der Waals surface area contributed by atoms with Crippen molar-refractivity contribution in [1.29, 1.82) is 0 Å². The molecule has 2 atom stereocenters. The predicted octanol–water partition coefficient (Wildman–Crippen LogP) is 0.258. The lowest BCUT2D eigenvalue weighted by atomic mass is 10.1. The number of aromatic nitrogens is 2. The summed E-state index contributed by atoms with van der Waals surface area (Å²) < 4.78 is 24.8. The lowest BCUT2D eigenvalue weighted by Crippen LogP contribution is -2.37. The van der Waals surface area contributed by atoms with Crippen LogP contribution in [0, 0.1) is 18.8 Å². The van der Waals surface area contributed by atoms with Gasteiger partial charge >= 0.3 is 0 Å². The lowest BCUT2D eigenvalue weighted by molar-refractivity contribution is 0.379. The minimum atomic E-state index is -2.75. The monoisotopic (exact) mass is 298 g/mol. The molecule has 0 aliphatic carbocycles. The van der Waals surface area contributed by atoms with E-state index in [2.05, 4.69) is 21.8 Å². The van der Waals surface area contributed by atoms with Crippen molar-refractivity contribution in [3.63, 3.8) is 0 Å². The van der Waals surface area contributed by atoms with Crippen LogP contribution < -0.4 is 10.6 Å². The highest BCUT2D eigenvalue weighted by molar-refractivity contribution is 7.91. The molecule has 0 amide bonds. The van der Waals surface area contributed by atoms with Gasteiger partial charge in [0.1, 0.15) is 5.82 Å². The van der Waals surface area contributed by atoms with E-state index in [4.69, 9.17) is 0 Å². The maximum absolute atomic E-state index is 11.4. The summed E-state index contributed by atoms with van der Waals surface area (Å²) in [6.45, 7) is 5.58. The number of anilines is 1. The standard InChI is InChI=1S/C13H22N4O2S/c1-10-4-13-15-7-12(8-17(13)16-10)6-14-5-11-2-3-20(18,19)9-11/h4,11-12,14-15H,2-3,5-9H2,1H3/t11-,12+/m0/s1. The van der Waals surface area contributed by atoms with Gasteiger partial charge in [-0.3, -0.25) is 0 Å². The van der Waals surface area contributed by atoms with Crippen LogP contribution in [0.2, 0.25) is 0 Å². The molecule has 1 fully saturated rings. The minimum Gasteiger partial charge on any atom is -0.370 e.